The second-order valence-electron chi connectivity index (χ2n) is 7.13. The third kappa shape index (κ3) is 2.20. The van der Waals surface area contributed by atoms with Crippen LogP contribution in [0.3, 0.4) is 0 Å². The molecule has 0 saturated carbocycles. The number of benzene rings is 3. The zero-order valence-electron chi connectivity index (χ0n) is 15.0. The lowest BCUT2D eigenvalue weighted by Crippen LogP contribution is -2.21. The number of hydrogen-bond donors (Lipinski definition) is 0. The van der Waals surface area contributed by atoms with E-state index in [0.29, 0.717) is 5.56 Å². The zero-order chi connectivity index (χ0) is 18.8. The molecule has 0 radical (unpaired) electrons. The summed E-state index contributed by atoms with van der Waals surface area (Å²) in [5.41, 5.74) is 6.28. The molecule has 0 N–H and O–H groups in total. The van der Waals surface area contributed by atoms with E-state index in [1.54, 1.807) is 18.2 Å². The van der Waals surface area contributed by atoms with Gasteiger partial charge in [0.05, 0.1) is 12.7 Å². The van der Waals surface area contributed by atoms with E-state index in [1.165, 1.54) is 19.2 Å². The summed E-state index contributed by atoms with van der Waals surface area (Å²) in [4.78, 5) is 11.9. The van der Waals surface area contributed by atoms with Crippen LogP contribution in [0, 0.1) is 5.82 Å². The van der Waals surface area contributed by atoms with Gasteiger partial charge in [-0.2, -0.15) is 0 Å². The summed E-state index contributed by atoms with van der Waals surface area (Å²) in [6.45, 7) is 2.06. The molecule has 2 unspecified atom stereocenters. The fraction of sp³-hybridized carbons (Fsp3) is 0.174. The van der Waals surface area contributed by atoms with Gasteiger partial charge in [-0.15, -0.1) is 0 Å². The average Bonchev–Trinajstić information content (AvgIpc) is 3.17. The Labute approximate surface area is 156 Å². The molecular formula is C23H17FO3. The first-order chi connectivity index (χ1) is 13.0. The molecule has 0 spiro atoms. The first-order valence-corrected chi connectivity index (χ1v) is 8.82. The number of carbonyl (C=O) groups excluding carboxylic acids is 1. The standard InChI is InChI=1S/C23H17FO3/c1-23-19-10-6-15(22(25)26-2)11-18(19)21(27-23)17-9-5-14(12-20(17)23)13-3-7-16(24)8-4-13/h3-12,21H,1-2H3. The number of ether oxygens (including phenoxy) is 2. The van der Waals surface area contributed by atoms with Crippen LogP contribution in [-0.4, -0.2) is 13.1 Å². The van der Waals surface area contributed by atoms with Gasteiger partial charge in [-0.25, -0.2) is 9.18 Å². The molecule has 5 rings (SSSR count). The van der Waals surface area contributed by atoms with Gasteiger partial charge in [-0.1, -0.05) is 30.3 Å². The summed E-state index contributed by atoms with van der Waals surface area (Å²) in [5.74, 6) is -0.595. The van der Waals surface area contributed by atoms with Crippen molar-refractivity contribution >= 4 is 5.97 Å². The third-order valence-electron chi connectivity index (χ3n) is 5.65. The van der Waals surface area contributed by atoms with Gasteiger partial charge in [0.15, 0.2) is 0 Å². The van der Waals surface area contributed by atoms with E-state index < -0.39 is 5.60 Å². The maximum absolute atomic E-state index is 13.2. The van der Waals surface area contributed by atoms with Crippen LogP contribution >= 0.6 is 0 Å². The Hall–Kier alpha value is -2.98. The Morgan fingerprint density at radius 2 is 1.70 bits per heavy atom. The van der Waals surface area contributed by atoms with E-state index in [2.05, 4.69) is 19.1 Å². The summed E-state index contributed by atoms with van der Waals surface area (Å²) in [5, 5.41) is 0. The summed E-state index contributed by atoms with van der Waals surface area (Å²) in [6.07, 6.45) is -0.188. The van der Waals surface area contributed by atoms with Crippen LogP contribution < -0.4 is 0 Å². The van der Waals surface area contributed by atoms with Gasteiger partial charge in [0.25, 0.3) is 0 Å². The average molecular weight is 360 g/mol. The number of methoxy groups -OCH3 is 1. The second kappa shape index (κ2) is 5.51. The van der Waals surface area contributed by atoms with Crippen LogP contribution in [0.15, 0.2) is 60.7 Å². The van der Waals surface area contributed by atoms with E-state index in [4.69, 9.17) is 9.47 Å². The Kier molecular flexibility index (Phi) is 3.31. The molecular weight excluding hydrogens is 343 g/mol. The number of rotatable bonds is 2. The fourth-order valence-electron chi connectivity index (χ4n) is 4.28. The molecule has 3 aromatic carbocycles. The Bertz CT molecular complexity index is 1090. The molecule has 4 heteroatoms. The molecule has 2 atom stereocenters. The summed E-state index contributed by atoms with van der Waals surface area (Å²) in [6, 6.07) is 18.3. The van der Waals surface area contributed by atoms with E-state index in [0.717, 1.165) is 33.4 Å². The highest BCUT2D eigenvalue weighted by atomic mass is 19.1. The van der Waals surface area contributed by atoms with Crippen LogP contribution in [-0.2, 0) is 15.1 Å². The maximum atomic E-state index is 13.2. The molecule has 2 heterocycles. The Balaban J connectivity index is 1.61. The van der Waals surface area contributed by atoms with Crippen LogP contribution in [0.1, 0.15) is 45.6 Å². The predicted octanol–water partition coefficient (Wildman–Crippen LogP) is 4.98. The first-order valence-electron chi connectivity index (χ1n) is 8.82. The molecule has 2 aliphatic rings. The molecule has 27 heavy (non-hydrogen) atoms. The minimum atomic E-state index is -0.556. The summed E-state index contributed by atoms with van der Waals surface area (Å²) < 4.78 is 24.4. The first kappa shape index (κ1) is 16.2. The Morgan fingerprint density at radius 3 is 2.44 bits per heavy atom. The molecule has 2 bridgehead atoms. The SMILES string of the molecule is COC(=O)c1ccc2c(c1)C1OC2(C)c2cc(-c3ccc(F)cc3)ccc21. The van der Waals surface area contributed by atoms with Crippen LogP contribution in [0.25, 0.3) is 11.1 Å². The lowest BCUT2D eigenvalue weighted by Gasteiger charge is -2.25. The van der Waals surface area contributed by atoms with Crippen molar-refractivity contribution in [1.82, 2.24) is 0 Å². The summed E-state index contributed by atoms with van der Waals surface area (Å²) >= 11 is 0. The van der Waals surface area contributed by atoms with Crippen molar-refractivity contribution in [2.75, 3.05) is 7.11 Å². The molecule has 0 aliphatic carbocycles. The maximum Gasteiger partial charge on any atom is 0.337 e. The number of carbonyl (C=O) groups is 1. The van der Waals surface area contributed by atoms with Gasteiger partial charge in [-0.3, -0.25) is 0 Å². The normalized spacial score (nSPS) is 21.7. The van der Waals surface area contributed by atoms with Crippen LogP contribution in [0.4, 0.5) is 4.39 Å². The number of esters is 1. The number of fused-ring (bicyclic) bond motifs is 8. The topological polar surface area (TPSA) is 35.5 Å². The zero-order valence-corrected chi connectivity index (χ0v) is 15.0. The number of hydrogen-bond acceptors (Lipinski definition) is 3. The van der Waals surface area contributed by atoms with E-state index in [1.807, 2.05) is 18.2 Å². The minimum absolute atomic E-state index is 0.188. The molecule has 3 nitrogen and oxygen atoms in total. The van der Waals surface area contributed by atoms with Crippen molar-refractivity contribution in [2.45, 2.75) is 18.6 Å². The largest absolute Gasteiger partial charge is 0.465 e. The highest BCUT2D eigenvalue weighted by molar-refractivity contribution is 5.90. The molecule has 0 amide bonds. The fourth-order valence-corrected chi connectivity index (χ4v) is 4.28. The lowest BCUT2D eigenvalue weighted by molar-refractivity contribution is 0.00902. The van der Waals surface area contributed by atoms with Gasteiger partial charge >= 0.3 is 5.97 Å². The molecule has 134 valence electrons. The minimum Gasteiger partial charge on any atom is -0.465 e. The third-order valence-corrected chi connectivity index (χ3v) is 5.65. The molecule has 0 aromatic heterocycles. The van der Waals surface area contributed by atoms with Crippen molar-refractivity contribution in [1.29, 1.82) is 0 Å². The van der Waals surface area contributed by atoms with Gasteiger partial charge < -0.3 is 9.47 Å². The highest BCUT2D eigenvalue weighted by Gasteiger charge is 2.51. The molecule has 3 aromatic rings. The molecule has 0 fully saturated rings. The van der Waals surface area contributed by atoms with Crippen molar-refractivity contribution in [3.63, 3.8) is 0 Å². The van der Waals surface area contributed by atoms with Crippen molar-refractivity contribution in [3.05, 3.63) is 94.3 Å². The molecule has 2 aliphatic heterocycles. The quantitative estimate of drug-likeness (QED) is 0.605. The van der Waals surface area contributed by atoms with Gasteiger partial charge in [-0.05, 0) is 70.6 Å². The number of halogens is 1. The van der Waals surface area contributed by atoms with Crippen molar-refractivity contribution < 1.29 is 18.7 Å². The lowest BCUT2D eigenvalue weighted by atomic mass is 9.77. The highest BCUT2D eigenvalue weighted by Crippen LogP contribution is 2.58. The van der Waals surface area contributed by atoms with Crippen LogP contribution in [0.2, 0.25) is 0 Å². The smallest absolute Gasteiger partial charge is 0.337 e. The second-order valence-corrected chi connectivity index (χ2v) is 7.13. The van der Waals surface area contributed by atoms with E-state index in [-0.39, 0.29) is 17.9 Å². The van der Waals surface area contributed by atoms with E-state index >= 15 is 0 Å². The Morgan fingerprint density at radius 1 is 0.963 bits per heavy atom. The monoisotopic (exact) mass is 360 g/mol. The van der Waals surface area contributed by atoms with Crippen molar-refractivity contribution in [2.24, 2.45) is 0 Å². The summed E-state index contributed by atoms with van der Waals surface area (Å²) in [7, 11) is 1.38. The van der Waals surface area contributed by atoms with E-state index in [9.17, 15) is 9.18 Å². The molecule has 0 saturated heterocycles. The van der Waals surface area contributed by atoms with Gasteiger partial charge in [0.2, 0.25) is 0 Å². The van der Waals surface area contributed by atoms with Gasteiger partial charge in [0.1, 0.15) is 17.5 Å². The van der Waals surface area contributed by atoms with Crippen LogP contribution in [0.5, 0.6) is 0 Å². The van der Waals surface area contributed by atoms with Gasteiger partial charge in [0, 0.05) is 0 Å². The van der Waals surface area contributed by atoms with Crippen molar-refractivity contribution in [3.8, 4) is 11.1 Å². The predicted molar refractivity (Wildman–Crippen MR) is 99.0 cm³/mol.